The molecule has 0 unspecified atom stereocenters. The Morgan fingerprint density at radius 3 is 2.62 bits per heavy atom. The molecule has 1 rings (SSSR count). The van der Waals surface area contributed by atoms with Crippen molar-refractivity contribution in [2.75, 3.05) is 11.9 Å². The summed E-state index contributed by atoms with van der Waals surface area (Å²) >= 11 is 0. The smallest absolute Gasteiger partial charge is 0.320 e. The van der Waals surface area contributed by atoms with Gasteiger partial charge in [-0.05, 0) is 24.5 Å². The maximum absolute atomic E-state index is 12.9. The van der Waals surface area contributed by atoms with E-state index in [0.717, 1.165) is 12.8 Å². The number of nitrogens with one attached hydrogen (secondary N) is 2. The Morgan fingerprint density at radius 2 is 2.08 bits per heavy atom. The second-order valence-electron chi connectivity index (χ2n) is 6.50. The summed E-state index contributed by atoms with van der Waals surface area (Å²) in [5, 5.41) is 15.2. The molecule has 144 valence electrons. The molecule has 3 amide bonds. The Balaban J connectivity index is 2.81. The minimum absolute atomic E-state index is 0.0882. The number of rotatable bonds is 11. The van der Waals surface area contributed by atoms with Crippen LogP contribution in [0.5, 0.6) is 0 Å². The first-order chi connectivity index (χ1) is 12.4. The third kappa shape index (κ3) is 7.18. The predicted octanol–water partition coefficient (Wildman–Crippen LogP) is 2.45. The number of aromatic nitrogens is 1. The van der Waals surface area contributed by atoms with Crippen LogP contribution < -0.4 is 10.6 Å². The Bertz CT molecular complexity index is 580. The van der Waals surface area contributed by atoms with Crippen LogP contribution in [-0.2, 0) is 9.59 Å². The van der Waals surface area contributed by atoms with E-state index in [0.29, 0.717) is 17.3 Å². The van der Waals surface area contributed by atoms with Gasteiger partial charge >= 0.3 is 6.03 Å². The van der Waals surface area contributed by atoms with Gasteiger partial charge in [0.2, 0.25) is 6.41 Å². The van der Waals surface area contributed by atoms with Crippen LogP contribution in [0.2, 0.25) is 0 Å². The highest BCUT2D eigenvalue weighted by molar-refractivity contribution is 5.94. The van der Waals surface area contributed by atoms with Crippen molar-refractivity contribution in [3.8, 4) is 0 Å². The standard InChI is InChI=1S/C18H28N4O4/c1-4-5-8-14(11-22(26)12-23)17(24)16(13(2)3)21-18(25)20-15-9-6-7-10-19-15/h6-7,9-10,12-14,16,26H,4-5,8,11H2,1-3H3,(H2,19,20,21,25)/t14-,16+/m1/s1. The summed E-state index contributed by atoms with van der Waals surface area (Å²) in [6, 6.07) is 3.85. The molecule has 3 N–H and O–H groups in total. The Kier molecular flexibility index (Phi) is 9.29. The molecule has 0 saturated carbocycles. The number of urea groups is 1. The van der Waals surface area contributed by atoms with Crippen LogP contribution >= 0.6 is 0 Å². The average Bonchev–Trinajstić information content (AvgIpc) is 2.62. The molecule has 0 bridgehead atoms. The molecule has 0 aromatic carbocycles. The molecular weight excluding hydrogens is 336 g/mol. The SMILES string of the molecule is CCCC[C@H](CN(O)C=O)C(=O)[C@@H](NC(=O)Nc1ccccn1)C(C)C. The quantitative estimate of drug-likeness (QED) is 0.317. The van der Waals surface area contributed by atoms with Crippen molar-refractivity contribution >= 4 is 24.0 Å². The lowest BCUT2D eigenvalue weighted by atomic mass is 9.87. The zero-order chi connectivity index (χ0) is 19.5. The average molecular weight is 364 g/mol. The zero-order valence-electron chi connectivity index (χ0n) is 15.5. The van der Waals surface area contributed by atoms with Gasteiger partial charge in [0.15, 0.2) is 5.78 Å². The summed E-state index contributed by atoms with van der Waals surface area (Å²) in [6.07, 6.45) is 4.03. The van der Waals surface area contributed by atoms with E-state index >= 15 is 0 Å². The van der Waals surface area contributed by atoms with Crippen molar-refractivity contribution in [3.05, 3.63) is 24.4 Å². The number of Topliss-reactive ketones (excluding diaryl/α,β-unsaturated/α-hetero) is 1. The van der Waals surface area contributed by atoms with Crippen LogP contribution in [0.1, 0.15) is 40.0 Å². The zero-order valence-corrected chi connectivity index (χ0v) is 15.5. The fourth-order valence-corrected chi connectivity index (χ4v) is 2.59. The van der Waals surface area contributed by atoms with Gasteiger partial charge in [-0.25, -0.2) is 14.8 Å². The monoisotopic (exact) mass is 364 g/mol. The van der Waals surface area contributed by atoms with E-state index in [1.54, 1.807) is 24.4 Å². The number of hydrogen-bond acceptors (Lipinski definition) is 5. The van der Waals surface area contributed by atoms with E-state index in [1.165, 1.54) is 0 Å². The molecule has 0 fully saturated rings. The Hall–Kier alpha value is -2.48. The molecule has 0 aliphatic heterocycles. The van der Waals surface area contributed by atoms with E-state index in [2.05, 4.69) is 15.6 Å². The maximum atomic E-state index is 12.9. The van der Waals surface area contributed by atoms with E-state index in [4.69, 9.17) is 0 Å². The highest BCUT2D eigenvalue weighted by atomic mass is 16.5. The van der Waals surface area contributed by atoms with E-state index in [9.17, 15) is 19.6 Å². The van der Waals surface area contributed by atoms with Crippen LogP contribution in [0.25, 0.3) is 0 Å². The molecule has 0 spiro atoms. The fraction of sp³-hybridized carbons (Fsp3) is 0.556. The summed E-state index contributed by atoms with van der Waals surface area (Å²) in [5.41, 5.74) is 0. The van der Waals surface area contributed by atoms with Gasteiger partial charge in [0.25, 0.3) is 0 Å². The van der Waals surface area contributed by atoms with Crippen molar-refractivity contribution in [2.45, 2.75) is 46.1 Å². The molecule has 0 radical (unpaired) electrons. The number of pyridine rings is 1. The van der Waals surface area contributed by atoms with Crippen LogP contribution in [0.4, 0.5) is 10.6 Å². The Morgan fingerprint density at radius 1 is 1.35 bits per heavy atom. The van der Waals surface area contributed by atoms with Crippen LogP contribution in [0.3, 0.4) is 0 Å². The molecule has 1 heterocycles. The van der Waals surface area contributed by atoms with Crippen LogP contribution in [0.15, 0.2) is 24.4 Å². The number of amides is 3. The Labute approximate surface area is 153 Å². The lowest BCUT2D eigenvalue weighted by molar-refractivity contribution is -0.154. The second-order valence-corrected chi connectivity index (χ2v) is 6.50. The van der Waals surface area contributed by atoms with Crippen molar-refractivity contribution in [2.24, 2.45) is 11.8 Å². The lowest BCUT2D eigenvalue weighted by Gasteiger charge is -2.27. The van der Waals surface area contributed by atoms with Gasteiger partial charge in [0.05, 0.1) is 12.6 Å². The minimum atomic E-state index is -0.736. The highest BCUT2D eigenvalue weighted by Crippen LogP contribution is 2.17. The number of hydroxylamine groups is 2. The number of unbranched alkanes of at least 4 members (excludes halogenated alkanes) is 1. The van der Waals surface area contributed by atoms with Crippen LogP contribution in [-0.4, -0.2) is 46.1 Å². The van der Waals surface area contributed by atoms with Gasteiger partial charge in [-0.3, -0.25) is 20.1 Å². The van der Waals surface area contributed by atoms with Gasteiger partial charge < -0.3 is 5.32 Å². The van der Waals surface area contributed by atoms with Crippen molar-refractivity contribution in [3.63, 3.8) is 0 Å². The van der Waals surface area contributed by atoms with Crippen molar-refractivity contribution in [1.82, 2.24) is 15.4 Å². The minimum Gasteiger partial charge on any atom is -0.328 e. The molecule has 26 heavy (non-hydrogen) atoms. The third-order valence-electron chi connectivity index (χ3n) is 4.00. The van der Waals surface area contributed by atoms with E-state index in [1.807, 2.05) is 20.8 Å². The summed E-state index contributed by atoms with van der Waals surface area (Å²) in [5.74, 6) is -0.521. The van der Waals surface area contributed by atoms with Gasteiger partial charge in [-0.15, -0.1) is 0 Å². The van der Waals surface area contributed by atoms with Crippen molar-refractivity contribution in [1.29, 1.82) is 0 Å². The molecule has 2 atom stereocenters. The molecule has 0 saturated heterocycles. The number of hydrogen-bond donors (Lipinski definition) is 3. The molecule has 1 aromatic heterocycles. The van der Waals surface area contributed by atoms with E-state index in [-0.39, 0.29) is 24.7 Å². The first-order valence-corrected chi connectivity index (χ1v) is 8.82. The highest BCUT2D eigenvalue weighted by Gasteiger charge is 2.31. The van der Waals surface area contributed by atoms with Gasteiger partial charge in [0.1, 0.15) is 5.82 Å². The largest absolute Gasteiger partial charge is 0.328 e. The molecule has 0 aliphatic carbocycles. The van der Waals surface area contributed by atoms with E-state index < -0.39 is 18.0 Å². The first-order valence-electron chi connectivity index (χ1n) is 8.82. The van der Waals surface area contributed by atoms with Gasteiger partial charge in [-0.1, -0.05) is 39.7 Å². The summed E-state index contributed by atoms with van der Waals surface area (Å²) in [7, 11) is 0. The maximum Gasteiger partial charge on any atom is 0.320 e. The topological polar surface area (TPSA) is 112 Å². The summed E-state index contributed by atoms with van der Waals surface area (Å²) in [6.45, 7) is 5.57. The predicted molar refractivity (Wildman–Crippen MR) is 97.6 cm³/mol. The molecule has 1 aromatic rings. The lowest BCUT2D eigenvalue weighted by Crippen LogP contribution is -2.50. The number of carbonyl (C=O) groups is 3. The van der Waals surface area contributed by atoms with Crippen LogP contribution in [0, 0.1) is 11.8 Å². The molecular formula is C18H28N4O4. The third-order valence-corrected chi connectivity index (χ3v) is 4.00. The molecule has 8 heteroatoms. The molecule has 8 nitrogen and oxygen atoms in total. The second kappa shape index (κ2) is 11.2. The number of ketones is 1. The fourth-order valence-electron chi connectivity index (χ4n) is 2.59. The first kappa shape index (κ1) is 21.6. The normalized spacial score (nSPS) is 13.0. The van der Waals surface area contributed by atoms with Gasteiger partial charge in [0, 0.05) is 12.1 Å². The number of anilines is 1. The van der Waals surface area contributed by atoms with Crippen molar-refractivity contribution < 1.29 is 19.6 Å². The number of nitrogens with zero attached hydrogens (tertiary/aromatic N) is 2. The summed E-state index contributed by atoms with van der Waals surface area (Å²) < 4.78 is 0. The summed E-state index contributed by atoms with van der Waals surface area (Å²) in [4.78, 5) is 39.8. The van der Waals surface area contributed by atoms with Gasteiger partial charge in [-0.2, -0.15) is 0 Å². The molecule has 0 aliphatic rings. The number of carbonyl (C=O) groups excluding carboxylic acids is 3.